The predicted molar refractivity (Wildman–Crippen MR) is 93.0 cm³/mol. The number of halogens is 1. The summed E-state index contributed by atoms with van der Waals surface area (Å²) in [5, 5.41) is 9.25. The molecule has 0 aromatic heterocycles. The lowest BCUT2D eigenvalue weighted by molar-refractivity contribution is -0.122. The molecule has 0 spiro atoms. The van der Waals surface area contributed by atoms with E-state index >= 15 is 0 Å². The Morgan fingerprint density at radius 3 is 2.83 bits per heavy atom. The van der Waals surface area contributed by atoms with Gasteiger partial charge in [0.05, 0.1) is 6.42 Å². The lowest BCUT2D eigenvalue weighted by atomic mass is 10.0. The van der Waals surface area contributed by atoms with Crippen molar-refractivity contribution in [1.29, 1.82) is 0 Å². The molecule has 23 heavy (non-hydrogen) atoms. The van der Waals surface area contributed by atoms with Gasteiger partial charge in [-0.3, -0.25) is 9.59 Å². The van der Waals surface area contributed by atoms with Gasteiger partial charge in [-0.05, 0) is 56.0 Å². The van der Waals surface area contributed by atoms with Crippen LogP contribution in [0.2, 0.25) is 0 Å². The Bertz CT molecular complexity index is 571. The van der Waals surface area contributed by atoms with Crippen LogP contribution in [0.5, 0.6) is 0 Å². The molecule has 2 heterocycles. The van der Waals surface area contributed by atoms with Gasteiger partial charge in [0, 0.05) is 18.2 Å². The van der Waals surface area contributed by atoms with Crippen LogP contribution in [-0.2, 0) is 22.4 Å². The molecule has 1 saturated heterocycles. The molecular weight excluding hydrogens is 314 g/mol. The molecule has 0 aliphatic carbocycles. The highest BCUT2D eigenvalue weighted by atomic mass is 35.5. The Morgan fingerprint density at radius 1 is 1.26 bits per heavy atom. The van der Waals surface area contributed by atoms with E-state index in [1.54, 1.807) is 0 Å². The maximum atomic E-state index is 11.9. The van der Waals surface area contributed by atoms with E-state index in [1.807, 2.05) is 12.1 Å². The quantitative estimate of drug-likeness (QED) is 0.767. The number of hydrogen-bond acceptors (Lipinski definition) is 3. The van der Waals surface area contributed by atoms with Crippen LogP contribution in [0.4, 0.5) is 5.69 Å². The maximum Gasteiger partial charge on any atom is 0.228 e. The standard InChI is InChI=1S/C17H23N3O2.ClH/c21-16(19-14-6-8-18-9-7-14)3-1-2-12-4-5-15-13(10-12)11-17(22)20-15;/h4-5,10,14,18H,1-3,6-9,11H2,(H,19,21)(H,20,22);1H. The van der Waals surface area contributed by atoms with E-state index in [0.29, 0.717) is 18.9 Å². The molecule has 0 radical (unpaired) electrons. The number of aryl methyl sites for hydroxylation is 1. The summed E-state index contributed by atoms with van der Waals surface area (Å²) in [5.74, 6) is 0.221. The molecule has 0 bridgehead atoms. The summed E-state index contributed by atoms with van der Waals surface area (Å²) in [6.45, 7) is 1.99. The van der Waals surface area contributed by atoms with E-state index in [0.717, 1.165) is 50.0 Å². The SMILES string of the molecule is Cl.O=C1Cc2cc(CCCC(=O)NC3CCNCC3)ccc2N1. The van der Waals surface area contributed by atoms with Crippen molar-refractivity contribution in [2.45, 2.75) is 44.6 Å². The number of rotatable bonds is 5. The van der Waals surface area contributed by atoms with Gasteiger partial charge in [0.15, 0.2) is 0 Å². The van der Waals surface area contributed by atoms with Gasteiger partial charge in [-0.15, -0.1) is 12.4 Å². The number of carbonyl (C=O) groups excluding carboxylic acids is 2. The zero-order valence-corrected chi connectivity index (χ0v) is 14.0. The van der Waals surface area contributed by atoms with Crippen molar-refractivity contribution in [3.05, 3.63) is 29.3 Å². The van der Waals surface area contributed by atoms with Crippen molar-refractivity contribution in [2.75, 3.05) is 18.4 Å². The number of carbonyl (C=O) groups is 2. The minimum atomic E-state index is 0. The number of benzene rings is 1. The van der Waals surface area contributed by atoms with Gasteiger partial charge in [-0.25, -0.2) is 0 Å². The Kier molecular flexibility index (Phi) is 6.42. The van der Waals surface area contributed by atoms with Crippen LogP contribution in [0.15, 0.2) is 18.2 Å². The van der Waals surface area contributed by atoms with Crippen LogP contribution in [0, 0.1) is 0 Å². The Hall–Kier alpha value is -1.59. The Labute approximate surface area is 143 Å². The fourth-order valence-electron chi connectivity index (χ4n) is 3.16. The summed E-state index contributed by atoms with van der Waals surface area (Å²) in [6.07, 6.45) is 4.81. The lowest BCUT2D eigenvalue weighted by Gasteiger charge is -2.23. The number of nitrogens with one attached hydrogen (secondary N) is 3. The van der Waals surface area contributed by atoms with Crippen molar-refractivity contribution < 1.29 is 9.59 Å². The summed E-state index contributed by atoms with van der Waals surface area (Å²) in [7, 11) is 0. The zero-order chi connectivity index (χ0) is 15.4. The molecule has 1 aromatic rings. The van der Waals surface area contributed by atoms with E-state index < -0.39 is 0 Å². The second-order valence-corrected chi connectivity index (χ2v) is 6.16. The fraction of sp³-hybridized carbons (Fsp3) is 0.529. The highest BCUT2D eigenvalue weighted by Gasteiger charge is 2.18. The third-order valence-electron chi connectivity index (χ3n) is 4.37. The molecule has 5 nitrogen and oxygen atoms in total. The number of anilines is 1. The van der Waals surface area contributed by atoms with Crippen LogP contribution >= 0.6 is 12.4 Å². The first-order chi connectivity index (χ1) is 10.7. The third-order valence-corrected chi connectivity index (χ3v) is 4.37. The van der Waals surface area contributed by atoms with Gasteiger partial charge < -0.3 is 16.0 Å². The van der Waals surface area contributed by atoms with Crippen LogP contribution in [0.25, 0.3) is 0 Å². The van der Waals surface area contributed by atoms with E-state index in [2.05, 4.69) is 22.0 Å². The van der Waals surface area contributed by atoms with Crippen LogP contribution in [0.3, 0.4) is 0 Å². The van der Waals surface area contributed by atoms with Gasteiger partial charge in [-0.1, -0.05) is 12.1 Å². The summed E-state index contributed by atoms with van der Waals surface area (Å²) in [4.78, 5) is 23.3. The van der Waals surface area contributed by atoms with Gasteiger partial charge in [-0.2, -0.15) is 0 Å². The summed E-state index contributed by atoms with van der Waals surface area (Å²) >= 11 is 0. The summed E-state index contributed by atoms with van der Waals surface area (Å²) in [6, 6.07) is 6.42. The van der Waals surface area contributed by atoms with E-state index in [1.165, 1.54) is 5.56 Å². The minimum absolute atomic E-state index is 0. The highest BCUT2D eigenvalue weighted by Crippen LogP contribution is 2.24. The number of piperidine rings is 1. The second-order valence-electron chi connectivity index (χ2n) is 6.16. The molecule has 0 atom stereocenters. The first-order valence-corrected chi connectivity index (χ1v) is 8.12. The molecule has 3 rings (SSSR count). The normalized spacial score (nSPS) is 17.1. The topological polar surface area (TPSA) is 70.2 Å². The lowest BCUT2D eigenvalue weighted by Crippen LogP contribution is -2.42. The molecule has 1 fully saturated rings. The van der Waals surface area contributed by atoms with Gasteiger partial charge in [0.2, 0.25) is 11.8 Å². The van der Waals surface area contributed by atoms with Gasteiger partial charge in [0.1, 0.15) is 0 Å². The van der Waals surface area contributed by atoms with Gasteiger partial charge >= 0.3 is 0 Å². The van der Waals surface area contributed by atoms with Crippen LogP contribution in [0.1, 0.15) is 36.8 Å². The first kappa shape index (κ1) is 17.8. The molecule has 0 saturated carbocycles. The molecule has 6 heteroatoms. The molecule has 2 aliphatic heterocycles. The predicted octanol–water partition coefficient (Wildman–Crippen LogP) is 1.79. The molecule has 3 N–H and O–H groups in total. The highest BCUT2D eigenvalue weighted by molar-refractivity contribution is 5.99. The molecular formula is C17H24ClN3O2. The number of fused-ring (bicyclic) bond motifs is 1. The molecule has 0 unspecified atom stereocenters. The van der Waals surface area contributed by atoms with Gasteiger partial charge in [0.25, 0.3) is 0 Å². The van der Waals surface area contributed by atoms with E-state index in [9.17, 15) is 9.59 Å². The van der Waals surface area contributed by atoms with Crippen LogP contribution < -0.4 is 16.0 Å². The van der Waals surface area contributed by atoms with Crippen molar-refractivity contribution in [3.8, 4) is 0 Å². The van der Waals surface area contributed by atoms with Crippen molar-refractivity contribution >= 4 is 29.9 Å². The fourth-order valence-corrected chi connectivity index (χ4v) is 3.16. The van der Waals surface area contributed by atoms with E-state index in [-0.39, 0.29) is 24.2 Å². The molecule has 126 valence electrons. The monoisotopic (exact) mass is 337 g/mol. The molecule has 2 amide bonds. The Morgan fingerprint density at radius 2 is 2.04 bits per heavy atom. The first-order valence-electron chi connectivity index (χ1n) is 8.12. The summed E-state index contributed by atoms with van der Waals surface area (Å²) < 4.78 is 0. The smallest absolute Gasteiger partial charge is 0.228 e. The van der Waals surface area contributed by atoms with E-state index in [4.69, 9.17) is 0 Å². The largest absolute Gasteiger partial charge is 0.353 e. The Balaban J connectivity index is 0.00000192. The van der Waals surface area contributed by atoms with Crippen molar-refractivity contribution in [2.24, 2.45) is 0 Å². The maximum absolute atomic E-state index is 11.9. The van der Waals surface area contributed by atoms with Crippen molar-refractivity contribution in [3.63, 3.8) is 0 Å². The second kappa shape index (κ2) is 8.31. The average molecular weight is 338 g/mol. The van der Waals surface area contributed by atoms with Crippen molar-refractivity contribution in [1.82, 2.24) is 10.6 Å². The molecule has 2 aliphatic rings. The number of amides is 2. The minimum Gasteiger partial charge on any atom is -0.353 e. The summed E-state index contributed by atoms with van der Waals surface area (Å²) in [5.41, 5.74) is 3.20. The zero-order valence-electron chi connectivity index (χ0n) is 13.2. The molecule has 1 aromatic carbocycles. The number of hydrogen-bond donors (Lipinski definition) is 3. The third kappa shape index (κ3) is 4.94. The van der Waals surface area contributed by atoms with Crippen LogP contribution in [-0.4, -0.2) is 30.9 Å². The average Bonchev–Trinajstić information content (AvgIpc) is 2.87.